The summed E-state index contributed by atoms with van der Waals surface area (Å²) in [4.78, 5) is 44.5. The number of halogens is 2. The molecule has 0 spiro atoms. The Kier molecular flexibility index (Phi) is 10.4. The topological polar surface area (TPSA) is 83.8 Å². The van der Waals surface area contributed by atoms with Crippen LogP contribution >= 0.6 is 27.5 Å². The van der Waals surface area contributed by atoms with E-state index in [0.717, 1.165) is 84.6 Å². The highest BCUT2D eigenvalue weighted by molar-refractivity contribution is 9.10. The monoisotopic (exact) mass is 750 g/mol. The Hall–Kier alpha value is -2.95. The molecule has 2 aliphatic heterocycles. The fraction of sp³-hybridized carbons (Fsp3) is 0.579. The molecular weight excluding hydrogens is 704 g/mol. The molecule has 7 rings (SSSR count). The minimum Gasteiger partial charge on any atom is -0.446 e. The number of likely N-dealkylation sites (tertiary alicyclic amines) is 1. The highest BCUT2D eigenvalue weighted by Gasteiger charge is 2.43. The molecule has 9 nitrogen and oxygen atoms in total. The van der Waals surface area contributed by atoms with Crippen LogP contribution in [-0.4, -0.2) is 86.1 Å². The SMILES string of the molecule is Cc1nc(C)n(C[C@H]2CCCN(C(=O)[C@H]3CN(C4c5ccc(Cl)cc5CCc5cc(Br)cnc54)CCN3C(=O)OC3CCCCC3)C2)c1C. The van der Waals surface area contributed by atoms with Crippen LogP contribution in [0.25, 0.3) is 0 Å². The first-order chi connectivity index (χ1) is 23.7. The van der Waals surface area contributed by atoms with Gasteiger partial charge < -0.3 is 14.2 Å². The summed E-state index contributed by atoms with van der Waals surface area (Å²) >= 11 is 10.2. The van der Waals surface area contributed by atoms with Crippen LogP contribution in [0.5, 0.6) is 0 Å². The van der Waals surface area contributed by atoms with Crippen LogP contribution in [-0.2, 0) is 28.9 Å². The van der Waals surface area contributed by atoms with Crippen LogP contribution in [0.3, 0.4) is 0 Å². The summed E-state index contributed by atoms with van der Waals surface area (Å²) in [7, 11) is 0. The molecule has 3 atom stereocenters. The number of ether oxygens (including phenoxy) is 1. The predicted octanol–water partition coefficient (Wildman–Crippen LogP) is 7.20. The first kappa shape index (κ1) is 34.5. The summed E-state index contributed by atoms with van der Waals surface area (Å²) in [6.07, 6.45) is 10.3. The number of carbonyl (C=O) groups excluding carboxylic acids is 2. The van der Waals surface area contributed by atoms with Crippen LogP contribution in [0.15, 0.2) is 34.9 Å². The molecule has 1 aromatic carbocycles. The third-order valence-electron chi connectivity index (χ3n) is 11.3. The Bertz CT molecular complexity index is 1650. The van der Waals surface area contributed by atoms with Gasteiger partial charge in [0.1, 0.15) is 18.0 Å². The Balaban J connectivity index is 1.18. The molecule has 2 aromatic heterocycles. The molecular formula is C38H48BrClN6O3. The van der Waals surface area contributed by atoms with E-state index in [1.165, 1.54) is 28.8 Å². The van der Waals surface area contributed by atoms with Gasteiger partial charge in [-0.2, -0.15) is 0 Å². The number of fused-ring (bicyclic) bond motifs is 2. The Morgan fingerprint density at radius 1 is 0.959 bits per heavy atom. The first-order valence-corrected chi connectivity index (χ1v) is 19.3. The second kappa shape index (κ2) is 14.7. The normalized spacial score (nSPS) is 23.5. The fourth-order valence-corrected chi connectivity index (χ4v) is 9.19. The number of aryl methyl sites for hydroxylation is 4. The summed E-state index contributed by atoms with van der Waals surface area (Å²) < 4.78 is 9.37. The number of aromatic nitrogens is 3. The van der Waals surface area contributed by atoms with Gasteiger partial charge in [0.15, 0.2) is 0 Å². The molecule has 11 heteroatoms. The summed E-state index contributed by atoms with van der Waals surface area (Å²) in [6, 6.07) is 7.51. The largest absolute Gasteiger partial charge is 0.446 e. The standard InChI is InChI=1S/C38H48BrClN6O3/c1-24-25(2)46(26(3)42-24)22-27-8-7-15-44(21-27)37(47)34-23-43(16-17-45(34)38(48)49-32-9-5-4-6-10-32)36-33-14-13-31(40)19-28(33)11-12-29-18-30(39)20-41-35(29)36/h13-14,18-20,27,32,34,36H,4-12,15-17,21-23H2,1-3H3/t27-,34+,36?/m0/s1. The number of pyridine rings is 1. The molecule has 2 saturated heterocycles. The van der Waals surface area contributed by atoms with Crippen LogP contribution in [0.4, 0.5) is 4.79 Å². The lowest BCUT2D eigenvalue weighted by Gasteiger charge is -2.46. The zero-order valence-electron chi connectivity index (χ0n) is 29.0. The maximum Gasteiger partial charge on any atom is 0.410 e. The van der Waals surface area contributed by atoms with Crippen molar-refractivity contribution in [2.24, 2.45) is 5.92 Å². The molecule has 1 unspecified atom stereocenters. The van der Waals surface area contributed by atoms with E-state index < -0.39 is 6.04 Å². The van der Waals surface area contributed by atoms with Gasteiger partial charge >= 0.3 is 6.09 Å². The molecule has 3 aromatic rings. The molecule has 4 heterocycles. The summed E-state index contributed by atoms with van der Waals surface area (Å²) in [5, 5.41) is 0.719. The summed E-state index contributed by atoms with van der Waals surface area (Å²) in [5.41, 5.74) is 6.81. The van der Waals surface area contributed by atoms with Crippen molar-refractivity contribution >= 4 is 39.5 Å². The van der Waals surface area contributed by atoms with Crippen LogP contribution in [0.1, 0.15) is 90.6 Å². The number of amides is 2. The van der Waals surface area contributed by atoms with E-state index in [-0.39, 0.29) is 24.1 Å². The highest BCUT2D eigenvalue weighted by atomic mass is 79.9. The molecule has 2 aliphatic carbocycles. The molecule has 2 amide bonds. The summed E-state index contributed by atoms with van der Waals surface area (Å²) in [6.45, 7) is 9.86. The number of imidazole rings is 1. The number of piperazine rings is 1. The Labute approximate surface area is 303 Å². The van der Waals surface area contributed by atoms with Crippen molar-refractivity contribution in [2.45, 2.75) is 103 Å². The lowest BCUT2D eigenvalue weighted by molar-refractivity contribution is -0.141. The quantitative estimate of drug-likeness (QED) is 0.274. The maximum atomic E-state index is 14.8. The van der Waals surface area contributed by atoms with Gasteiger partial charge in [0, 0.05) is 60.7 Å². The van der Waals surface area contributed by atoms with E-state index in [4.69, 9.17) is 21.3 Å². The molecule has 3 fully saturated rings. The second-order valence-corrected chi connectivity index (χ2v) is 15.9. The fourth-order valence-electron chi connectivity index (χ4n) is 8.62. The number of piperidine rings is 1. The number of hydrogen-bond acceptors (Lipinski definition) is 6. The van der Waals surface area contributed by atoms with Crippen molar-refractivity contribution in [1.82, 2.24) is 29.2 Å². The third kappa shape index (κ3) is 7.29. The minimum atomic E-state index is -0.652. The lowest BCUT2D eigenvalue weighted by Crippen LogP contribution is -2.62. The number of carbonyl (C=O) groups is 2. The molecule has 49 heavy (non-hydrogen) atoms. The van der Waals surface area contributed by atoms with E-state index in [2.05, 4.69) is 69.4 Å². The minimum absolute atomic E-state index is 0.0131. The van der Waals surface area contributed by atoms with Gasteiger partial charge in [-0.25, -0.2) is 9.78 Å². The van der Waals surface area contributed by atoms with E-state index in [1.807, 2.05) is 17.2 Å². The molecule has 0 N–H and O–H groups in total. The molecule has 262 valence electrons. The Morgan fingerprint density at radius 2 is 1.76 bits per heavy atom. The molecule has 4 aliphatic rings. The van der Waals surface area contributed by atoms with Gasteiger partial charge in [0.25, 0.3) is 0 Å². The van der Waals surface area contributed by atoms with Gasteiger partial charge in [-0.1, -0.05) is 24.1 Å². The van der Waals surface area contributed by atoms with Gasteiger partial charge in [-0.05, 0) is 129 Å². The van der Waals surface area contributed by atoms with Crippen molar-refractivity contribution in [1.29, 1.82) is 0 Å². The van der Waals surface area contributed by atoms with Gasteiger partial charge in [-0.15, -0.1) is 0 Å². The van der Waals surface area contributed by atoms with E-state index in [9.17, 15) is 9.59 Å². The Morgan fingerprint density at radius 3 is 2.53 bits per heavy atom. The van der Waals surface area contributed by atoms with Crippen LogP contribution < -0.4 is 0 Å². The lowest BCUT2D eigenvalue weighted by atomic mass is 9.94. The zero-order chi connectivity index (χ0) is 34.2. The van der Waals surface area contributed by atoms with Gasteiger partial charge in [-0.3, -0.25) is 19.6 Å². The first-order valence-electron chi connectivity index (χ1n) is 18.1. The number of rotatable bonds is 5. The highest BCUT2D eigenvalue weighted by Crippen LogP contribution is 2.39. The second-order valence-electron chi connectivity index (χ2n) is 14.5. The number of benzene rings is 1. The molecule has 1 saturated carbocycles. The van der Waals surface area contributed by atoms with Gasteiger partial charge in [0.05, 0.1) is 17.4 Å². The van der Waals surface area contributed by atoms with Crippen molar-refractivity contribution < 1.29 is 14.3 Å². The third-order valence-corrected chi connectivity index (χ3v) is 12.0. The average molecular weight is 752 g/mol. The molecule has 0 bridgehead atoms. The van der Waals surface area contributed by atoms with Crippen molar-refractivity contribution in [2.75, 3.05) is 32.7 Å². The van der Waals surface area contributed by atoms with Crippen molar-refractivity contribution in [3.05, 3.63) is 79.6 Å². The van der Waals surface area contributed by atoms with E-state index >= 15 is 0 Å². The van der Waals surface area contributed by atoms with E-state index in [0.29, 0.717) is 38.6 Å². The molecule has 0 radical (unpaired) electrons. The van der Waals surface area contributed by atoms with Crippen LogP contribution in [0.2, 0.25) is 5.02 Å². The predicted molar refractivity (Wildman–Crippen MR) is 194 cm³/mol. The smallest absolute Gasteiger partial charge is 0.410 e. The van der Waals surface area contributed by atoms with Gasteiger partial charge in [0.2, 0.25) is 5.91 Å². The summed E-state index contributed by atoms with van der Waals surface area (Å²) in [5.74, 6) is 1.35. The average Bonchev–Trinajstić information content (AvgIpc) is 3.24. The van der Waals surface area contributed by atoms with Crippen molar-refractivity contribution in [3.8, 4) is 0 Å². The van der Waals surface area contributed by atoms with Crippen LogP contribution in [0, 0.1) is 26.7 Å². The van der Waals surface area contributed by atoms with Crippen molar-refractivity contribution in [3.63, 3.8) is 0 Å². The zero-order valence-corrected chi connectivity index (χ0v) is 31.3. The number of hydrogen-bond donors (Lipinski definition) is 0. The number of nitrogens with zero attached hydrogens (tertiary/aromatic N) is 6. The van der Waals surface area contributed by atoms with E-state index in [1.54, 1.807) is 4.90 Å². The maximum absolute atomic E-state index is 14.8.